The molecule has 0 saturated carbocycles. The molecule has 0 bridgehead atoms. The number of sulfonamides is 1. The summed E-state index contributed by atoms with van der Waals surface area (Å²) >= 11 is 0. The zero-order valence-electron chi connectivity index (χ0n) is 11.1. The van der Waals surface area contributed by atoms with Gasteiger partial charge in [0, 0.05) is 26.7 Å². The normalized spacial score (nSPS) is 23.2. The van der Waals surface area contributed by atoms with Crippen LogP contribution in [0.1, 0.15) is 19.3 Å². The first-order valence-electron chi connectivity index (χ1n) is 6.30. The lowest BCUT2D eigenvalue weighted by atomic mass is 10.1. The average Bonchev–Trinajstić information content (AvgIpc) is 2.29. The molecule has 1 fully saturated rings. The first-order chi connectivity index (χ1) is 8.45. The minimum atomic E-state index is -3.32. The fourth-order valence-corrected chi connectivity index (χ4v) is 3.55. The molecule has 0 aromatic heterocycles. The van der Waals surface area contributed by atoms with E-state index < -0.39 is 16.1 Å². The molecule has 18 heavy (non-hydrogen) atoms. The van der Waals surface area contributed by atoms with Gasteiger partial charge in [-0.15, -0.1) is 0 Å². The molecular weight excluding hydrogens is 256 g/mol. The van der Waals surface area contributed by atoms with Gasteiger partial charge < -0.3 is 15.2 Å². The molecule has 0 radical (unpaired) electrons. The van der Waals surface area contributed by atoms with Gasteiger partial charge in [-0.2, -0.15) is 0 Å². The minimum absolute atomic E-state index is 0.0331. The Hall–Kier alpha value is -0.210. The van der Waals surface area contributed by atoms with E-state index in [2.05, 4.69) is 5.32 Å². The molecule has 0 aromatic rings. The second-order valence-corrected chi connectivity index (χ2v) is 6.94. The molecule has 0 spiro atoms. The highest BCUT2D eigenvalue weighted by Crippen LogP contribution is 2.11. The Morgan fingerprint density at radius 3 is 2.78 bits per heavy atom. The second kappa shape index (κ2) is 7.40. The molecule has 1 heterocycles. The average molecular weight is 280 g/mol. The summed E-state index contributed by atoms with van der Waals surface area (Å²) in [5.74, 6) is 0.100. The lowest BCUT2D eigenvalue weighted by Gasteiger charge is -2.26. The molecule has 7 heteroatoms. The van der Waals surface area contributed by atoms with Gasteiger partial charge in [-0.3, -0.25) is 0 Å². The smallest absolute Gasteiger partial charge is 0.215 e. The lowest BCUT2D eigenvalue weighted by Crippen LogP contribution is -2.45. The monoisotopic (exact) mass is 280 g/mol. The second-order valence-electron chi connectivity index (χ2n) is 4.82. The summed E-state index contributed by atoms with van der Waals surface area (Å²) in [5, 5.41) is 12.8. The van der Waals surface area contributed by atoms with Crippen molar-refractivity contribution < 1.29 is 18.3 Å². The maximum atomic E-state index is 12.1. The summed E-state index contributed by atoms with van der Waals surface area (Å²) < 4.78 is 30.1. The molecule has 6 nitrogen and oxygen atoms in total. The maximum absolute atomic E-state index is 12.1. The molecule has 0 aliphatic carbocycles. The van der Waals surface area contributed by atoms with Crippen molar-refractivity contribution in [1.29, 1.82) is 0 Å². The van der Waals surface area contributed by atoms with Crippen LogP contribution in [0.5, 0.6) is 0 Å². The number of methoxy groups -OCH3 is 1. The standard InChI is InChI=1S/C11H24N2O4S/c1-13(7-11(14)8-17-2)18(15,16)9-10-5-3-4-6-12-10/h10-12,14H,3-9H2,1-2H3. The highest BCUT2D eigenvalue weighted by atomic mass is 32.2. The van der Waals surface area contributed by atoms with Gasteiger partial charge >= 0.3 is 0 Å². The zero-order valence-corrected chi connectivity index (χ0v) is 11.9. The topological polar surface area (TPSA) is 78.9 Å². The van der Waals surface area contributed by atoms with Crippen molar-refractivity contribution in [2.75, 3.05) is 39.6 Å². The molecule has 0 aromatic carbocycles. The summed E-state index contributed by atoms with van der Waals surface area (Å²) in [7, 11) is -0.345. The number of likely N-dealkylation sites (N-methyl/N-ethyl adjacent to an activating group) is 1. The number of aliphatic hydroxyl groups excluding tert-OH is 1. The van der Waals surface area contributed by atoms with Crippen LogP contribution in [0.15, 0.2) is 0 Å². The Morgan fingerprint density at radius 1 is 1.50 bits per heavy atom. The lowest BCUT2D eigenvalue weighted by molar-refractivity contribution is 0.0554. The molecular formula is C11H24N2O4S. The highest BCUT2D eigenvalue weighted by molar-refractivity contribution is 7.89. The van der Waals surface area contributed by atoms with Gasteiger partial charge in [0.25, 0.3) is 0 Å². The molecule has 108 valence electrons. The first kappa shape index (κ1) is 15.8. The van der Waals surface area contributed by atoms with Crippen LogP contribution in [0.25, 0.3) is 0 Å². The van der Waals surface area contributed by atoms with Crippen LogP contribution in [-0.2, 0) is 14.8 Å². The van der Waals surface area contributed by atoms with Crippen LogP contribution in [-0.4, -0.2) is 69.6 Å². The number of rotatable bonds is 7. The maximum Gasteiger partial charge on any atom is 0.215 e. The largest absolute Gasteiger partial charge is 0.389 e. The molecule has 0 amide bonds. The molecule has 2 atom stereocenters. The Labute approximate surface area is 109 Å². The van der Waals surface area contributed by atoms with E-state index in [-0.39, 0.29) is 24.9 Å². The van der Waals surface area contributed by atoms with Crippen molar-refractivity contribution in [2.45, 2.75) is 31.4 Å². The third-order valence-corrected chi connectivity index (χ3v) is 5.05. The van der Waals surface area contributed by atoms with E-state index >= 15 is 0 Å². The van der Waals surface area contributed by atoms with E-state index in [1.54, 1.807) is 0 Å². The van der Waals surface area contributed by atoms with E-state index in [1.165, 1.54) is 18.5 Å². The predicted molar refractivity (Wildman–Crippen MR) is 69.9 cm³/mol. The number of nitrogens with zero attached hydrogens (tertiary/aromatic N) is 1. The van der Waals surface area contributed by atoms with E-state index in [4.69, 9.17) is 4.74 Å². The Bertz CT molecular complexity index is 328. The summed E-state index contributed by atoms with van der Waals surface area (Å²) in [6.45, 7) is 1.10. The van der Waals surface area contributed by atoms with Crippen molar-refractivity contribution in [2.24, 2.45) is 0 Å². The van der Waals surface area contributed by atoms with E-state index in [9.17, 15) is 13.5 Å². The molecule has 2 unspecified atom stereocenters. The van der Waals surface area contributed by atoms with Crippen LogP contribution in [0.2, 0.25) is 0 Å². The van der Waals surface area contributed by atoms with E-state index in [0.717, 1.165) is 25.8 Å². The molecule has 2 N–H and O–H groups in total. The third-order valence-electron chi connectivity index (χ3n) is 3.13. The molecule has 1 aliphatic heterocycles. The fraction of sp³-hybridized carbons (Fsp3) is 1.00. The predicted octanol–water partition coefficient (Wildman–Crippen LogP) is -0.603. The van der Waals surface area contributed by atoms with Crippen LogP contribution in [0, 0.1) is 0 Å². The van der Waals surface area contributed by atoms with Gasteiger partial charge in [0.1, 0.15) is 0 Å². The number of piperidine rings is 1. The van der Waals surface area contributed by atoms with E-state index in [0.29, 0.717) is 0 Å². The highest BCUT2D eigenvalue weighted by Gasteiger charge is 2.25. The summed E-state index contributed by atoms with van der Waals surface area (Å²) in [4.78, 5) is 0. The zero-order chi connectivity index (χ0) is 13.6. The number of hydrogen-bond donors (Lipinski definition) is 2. The van der Waals surface area contributed by atoms with Gasteiger partial charge in [-0.25, -0.2) is 12.7 Å². The summed E-state index contributed by atoms with van der Waals surface area (Å²) in [5.41, 5.74) is 0. The number of nitrogens with one attached hydrogen (secondary N) is 1. The number of hydrogen-bond acceptors (Lipinski definition) is 5. The summed E-state index contributed by atoms with van der Waals surface area (Å²) in [6, 6.07) is 0.0331. The van der Waals surface area contributed by atoms with Crippen LogP contribution < -0.4 is 5.32 Å². The van der Waals surface area contributed by atoms with Gasteiger partial charge in [0.2, 0.25) is 10.0 Å². The Morgan fingerprint density at radius 2 is 2.22 bits per heavy atom. The quantitative estimate of drug-likeness (QED) is 0.651. The van der Waals surface area contributed by atoms with Crippen molar-refractivity contribution in [3.8, 4) is 0 Å². The number of ether oxygens (including phenoxy) is 1. The van der Waals surface area contributed by atoms with Crippen molar-refractivity contribution in [3.63, 3.8) is 0 Å². The SMILES string of the molecule is COCC(O)CN(C)S(=O)(=O)CC1CCCCN1. The Kier molecular flexibility index (Phi) is 6.51. The van der Waals surface area contributed by atoms with Gasteiger partial charge in [-0.1, -0.05) is 6.42 Å². The first-order valence-corrected chi connectivity index (χ1v) is 7.91. The molecule has 1 rings (SSSR count). The van der Waals surface area contributed by atoms with Crippen molar-refractivity contribution in [1.82, 2.24) is 9.62 Å². The summed E-state index contributed by atoms with van der Waals surface area (Å²) in [6.07, 6.45) is 2.30. The van der Waals surface area contributed by atoms with Crippen molar-refractivity contribution in [3.05, 3.63) is 0 Å². The van der Waals surface area contributed by atoms with Crippen molar-refractivity contribution >= 4 is 10.0 Å². The minimum Gasteiger partial charge on any atom is -0.389 e. The van der Waals surface area contributed by atoms with Gasteiger partial charge in [0.05, 0.1) is 18.5 Å². The van der Waals surface area contributed by atoms with Crippen LogP contribution in [0.4, 0.5) is 0 Å². The molecule has 1 aliphatic rings. The fourth-order valence-electron chi connectivity index (χ4n) is 2.10. The van der Waals surface area contributed by atoms with Gasteiger partial charge in [-0.05, 0) is 19.4 Å². The van der Waals surface area contributed by atoms with E-state index in [1.807, 2.05) is 0 Å². The van der Waals surface area contributed by atoms with Crippen LogP contribution in [0.3, 0.4) is 0 Å². The van der Waals surface area contributed by atoms with Crippen LogP contribution >= 0.6 is 0 Å². The van der Waals surface area contributed by atoms with Gasteiger partial charge in [0.15, 0.2) is 0 Å². The number of aliphatic hydroxyl groups is 1. The third kappa shape index (κ3) is 5.19. The Balaban J connectivity index is 2.45. The molecule has 1 saturated heterocycles.